The van der Waals surface area contributed by atoms with Gasteiger partial charge in [-0.1, -0.05) is 24.3 Å². The van der Waals surface area contributed by atoms with Crippen LogP contribution in [0, 0.1) is 33.5 Å². The monoisotopic (exact) mass is 397 g/mol. The third kappa shape index (κ3) is 3.10. The molecular formula is C16H10F2INO. The standard InChI is InChI=1S/C16H10F2INO/c1-9-3-2-4-12(15(9)19)16(21)13(8-20)11-6-5-10(17)7-14(11)18/h2-7,13H,1H3. The predicted octanol–water partition coefficient (Wildman–Crippen LogP) is 4.37. The first-order valence-corrected chi connectivity index (χ1v) is 7.17. The van der Waals surface area contributed by atoms with Crippen LogP contribution in [0.2, 0.25) is 0 Å². The first-order chi connectivity index (χ1) is 9.95. The fourth-order valence-corrected chi connectivity index (χ4v) is 2.62. The van der Waals surface area contributed by atoms with E-state index in [0.29, 0.717) is 11.6 Å². The second-order valence-corrected chi connectivity index (χ2v) is 5.61. The second-order valence-electron chi connectivity index (χ2n) is 4.53. The minimum atomic E-state index is -1.29. The number of nitriles is 1. The van der Waals surface area contributed by atoms with Crippen LogP contribution < -0.4 is 0 Å². The summed E-state index contributed by atoms with van der Waals surface area (Å²) in [5.74, 6) is -3.42. The van der Waals surface area contributed by atoms with Gasteiger partial charge in [-0.3, -0.25) is 4.79 Å². The molecule has 0 aliphatic carbocycles. The number of aryl methyl sites for hydroxylation is 1. The molecule has 0 spiro atoms. The van der Waals surface area contributed by atoms with Crippen LogP contribution in [0.5, 0.6) is 0 Å². The van der Waals surface area contributed by atoms with Gasteiger partial charge in [0.15, 0.2) is 5.78 Å². The van der Waals surface area contributed by atoms with Crippen LogP contribution in [0.15, 0.2) is 36.4 Å². The predicted molar refractivity (Wildman–Crippen MR) is 82.9 cm³/mol. The minimum Gasteiger partial charge on any atom is -0.292 e. The van der Waals surface area contributed by atoms with Crippen LogP contribution in [-0.4, -0.2) is 5.78 Å². The van der Waals surface area contributed by atoms with E-state index in [1.807, 2.05) is 41.7 Å². The van der Waals surface area contributed by atoms with Crippen LogP contribution in [0.25, 0.3) is 0 Å². The lowest BCUT2D eigenvalue weighted by Gasteiger charge is -2.12. The highest BCUT2D eigenvalue weighted by molar-refractivity contribution is 14.1. The van der Waals surface area contributed by atoms with Crippen molar-refractivity contribution in [2.45, 2.75) is 12.8 Å². The summed E-state index contributed by atoms with van der Waals surface area (Å²) in [5, 5.41) is 9.23. The minimum absolute atomic E-state index is 0.110. The molecule has 0 fully saturated rings. The molecule has 0 saturated carbocycles. The molecule has 2 aromatic carbocycles. The fourth-order valence-electron chi connectivity index (χ4n) is 2.00. The second kappa shape index (κ2) is 6.31. The van der Waals surface area contributed by atoms with Gasteiger partial charge in [-0.15, -0.1) is 0 Å². The number of Topliss-reactive ketones (excluding diaryl/α,β-unsaturated/α-hetero) is 1. The molecule has 0 aromatic heterocycles. The Bertz CT molecular complexity index is 752. The molecule has 1 atom stereocenters. The maximum absolute atomic E-state index is 13.8. The first-order valence-electron chi connectivity index (χ1n) is 6.09. The van der Waals surface area contributed by atoms with Crippen LogP contribution in [0.4, 0.5) is 8.78 Å². The SMILES string of the molecule is Cc1cccc(C(=O)C(C#N)c2ccc(F)cc2F)c1I. The highest BCUT2D eigenvalue weighted by Gasteiger charge is 2.26. The van der Waals surface area contributed by atoms with Gasteiger partial charge in [0.25, 0.3) is 0 Å². The smallest absolute Gasteiger partial charge is 0.185 e. The van der Waals surface area contributed by atoms with Gasteiger partial charge in [0.05, 0.1) is 6.07 Å². The first kappa shape index (κ1) is 15.6. The summed E-state index contributed by atoms with van der Waals surface area (Å²) in [6, 6.07) is 9.81. The Kier molecular flexibility index (Phi) is 4.68. The third-order valence-electron chi connectivity index (χ3n) is 3.12. The Labute approximate surface area is 134 Å². The van der Waals surface area contributed by atoms with Crippen molar-refractivity contribution in [2.75, 3.05) is 0 Å². The molecule has 0 saturated heterocycles. The molecule has 2 nitrogen and oxygen atoms in total. The fraction of sp³-hybridized carbons (Fsp3) is 0.125. The van der Waals surface area contributed by atoms with E-state index in [-0.39, 0.29) is 5.56 Å². The zero-order valence-corrected chi connectivity index (χ0v) is 13.2. The molecule has 0 heterocycles. The number of carbonyl (C=O) groups is 1. The average molecular weight is 397 g/mol. The topological polar surface area (TPSA) is 40.9 Å². The number of benzene rings is 2. The molecule has 0 aliphatic rings. The largest absolute Gasteiger partial charge is 0.292 e. The van der Waals surface area contributed by atoms with Crippen LogP contribution in [0.3, 0.4) is 0 Å². The molecule has 1 unspecified atom stereocenters. The Morgan fingerprint density at radius 3 is 2.62 bits per heavy atom. The summed E-state index contributed by atoms with van der Waals surface area (Å²) in [6.45, 7) is 1.85. The summed E-state index contributed by atoms with van der Waals surface area (Å²) in [6.07, 6.45) is 0. The van der Waals surface area contributed by atoms with Crippen molar-refractivity contribution < 1.29 is 13.6 Å². The maximum Gasteiger partial charge on any atom is 0.185 e. The van der Waals surface area contributed by atoms with E-state index >= 15 is 0 Å². The molecular weight excluding hydrogens is 387 g/mol. The lowest BCUT2D eigenvalue weighted by atomic mass is 9.91. The van der Waals surface area contributed by atoms with Gasteiger partial charge in [0.2, 0.25) is 0 Å². The third-order valence-corrected chi connectivity index (χ3v) is 4.55. The van der Waals surface area contributed by atoms with E-state index in [9.17, 15) is 18.8 Å². The van der Waals surface area contributed by atoms with Crippen LogP contribution in [-0.2, 0) is 0 Å². The van der Waals surface area contributed by atoms with E-state index < -0.39 is 23.3 Å². The number of rotatable bonds is 3. The van der Waals surface area contributed by atoms with E-state index in [1.165, 1.54) is 0 Å². The molecule has 0 N–H and O–H groups in total. The van der Waals surface area contributed by atoms with Gasteiger partial charge in [0, 0.05) is 20.8 Å². The number of ketones is 1. The van der Waals surface area contributed by atoms with E-state index in [1.54, 1.807) is 12.1 Å². The average Bonchev–Trinajstić information content (AvgIpc) is 2.44. The van der Waals surface area contributed by atoms with E-state index in [2.05, 4.69) is 0 Å². The summed E-state index contributed by atoms with van der Waals surface area (Å²) < 4.78 is 27.5. The van der Waals surface area contributed by atoms with Crippen molar-refractivity contribution >= 4 is 28.4 Å². The Morgan fingerprint density at radius 1 is 1.29 bits per heavy atom. The molecule has 2 rings (SSSR count). The van der Waals surface area contributed by atoms with E-state index in [4.69, 9.17) is 0 Å². The molecule has 0 bridgehead atoms. The highest BCUT2D eigenvalue weighted by Crippen LogP contribution is 2.27. The van der Waals surface area contributed by atoms with Crippen molar-refractivity contribution in [1.29, 1.82) is 5.26 Å². The summed E-state index contributed by atoms with van der Waals surface area (Å²) >= 11 is 2.02. The number of hydrogen-bond acceptors (Lipinski definition) is 2. The molecule has 0 aliphatic heterocycles. The highest BCUT2D eigenvalue weighted by atomic mass is 127. The Hall–Kier alpha value is -1.81. The zero-order chi connectivity index (χ0) is 15.6. The Morgan fingerprint density at radius 2 is 2.00 bits per heavy atom. The van der Waals surface area contributed by atoms with Gasteiger partial charge in [-0.25, -0.2) is 8.78 Å². The van der Waals surface area contributed by atoms with Crippen molar-refractivity contribution in [3.8, 4) is 6.07 Å². The van der Waals surface area contributed by atoms with E-state index in [0.717, 1.165) is 21.3 Å². The van der Waals surface area contributed by atoms with Gasteiger partial charge in [-0.05, 0) is 41.1 Å². The van der Waals surface area contributed by atoms with Crippen molar-refractivity contribution in [3.05, 3.63) is 68.3 Å². The molecule has 0 amide bonds. The lowest BCUT2D eigenvalue weighted by Crippen LogP contribution is -2.14. The van der Waals surface area contributed by atoms with Gasteiger partial charge >= 0.3 is 0 Å². The number of carbonyl (C=O) groups excluding carboxylic acids is 1. The Balaban J connectivity index is 2.49. The summed E-state index contributed by atoms with van der Waals surface area (Å²) in [4.78, 5) is 12.5. The van der Waals surface area contributed by atoms with Gasteiger partial charge < -0.3 is 0 Å². The molecule has 0 radical (unpaired) electrons. The maximum atomic E-state index is 13.8. The van der Waals surface area contributed by atoms with Gasteiger partial charge in [-0.2, -0.15) is 5.26 Å². The molecule has 5 heteroatoms. The molecule has 2 aromatic rings. The number of nitrogens with zero attached hydrogens (tertiary/aromatic N) is 1. The van der Waals surface area contributed by atoms with Crippen LogP contribution >= 0.6 is 22.6 Å². The number of hydrogen-bond donors (Lipinski definition) is 0. The summed E-state index contributed by atoms with van der Waals surface area (Å²) in [7, 11) is 0. The zero-order valence-electron chi connectivity index (χ0n) is 11.0. The molecule has 106 valence electrons. The van der Waals surface area contributed by atoms with Crippen LogP contribution in [0.1, 0.15) is 27.4 Å². The molecule has 21 heavy (non-hydrogen) atoms. The van der Waals surface area contributed by atoms with Crippen molar-refractivity contribution in [2.24, 2.45) is 0 Å². The van der Waals surface area contributed by atoms with Crippen molar-refractivity contribution in [3.63, 3.8) is 0 Å². The number of halogens is 3. The van der Waals surface area contributed by atoms with Crippen molar-refractivity contribution in [1.82, 2.24) is 0 Å². The lowest BCUT2D eigenvalue weighted by molar-refractivity contribution is 0.0976. The normalized spacial score (nSPS) is 11.8. The quantitative estimate of drug-likeness (QED) is 0.570. The van der Waals surface area contributed by atoms with Gasteiger partial charge in [0.1, 0.15) is 17.6 Å². The summed E-state index contributed by atoms with van der Waals surface area (Å²) in [5.41, 5.74) is 1.16.